The lowest BCUT2D eigenvalue weighted by molar-refractivity contribution is 0.0830. The topological polar surface area (TPSA) is 90.4 Å². The molecule has 0 spiro atoms. The number of ether oxygens (including phenoxy) is 1. The van der Waals surface area contributed by atoms with Gasteiger partial charge in [0.25, 0.3) is 5.91 Å². The summed E-state index contributed by atoms with van der Waals surface area (Å²) < 4.78 is 16.1. The van der Waals surface area contributed by atoms with Crippen LogP contribution in [0.2, 0.25) is 0 Å². The number of carbonyl (C=O) groups is 1. The van der Waals surface area contributed by atoms with Crippen molar-refractivity contribution in [3.05, 3.63) is 47.8 Å². The third kappa shape index (κ3) is 3.03. The minimum absolute atomic E-state index is 0.173. The maximum Gasteiger partial charge on any atom is 0.287 e. The van der Waals surface area contributed by atoms with Gasteiger partial charge in [-0.15, -0.1) is 0 Å². The first-order chi connectivity index (χ1) is 11.8. The maximum absolute atomic E-state index is 12.2. The van der Waals surface area contributed by atoms with Gasteiger partial charge >= 0.3 is 0 Å². The van der Waals surface area contributed by atoms with Crippen LogP contribution in [-0.4, -0.2) is 29.3 Å². The Bertz CT molecular complexity index is 815. The van der Waals surface area contributed by atoms with Gasteiger partial charge in [-0.1, -0.05) is 23.4 Å². The second kappa shape index (κ2) is 6.45. The number of carbonyl (C=O) groups excluding carboxylic acids is 1. The second-order valence-electron chi connectivity index (χ2n) is 5.76. The first kappa shape index (κ1) is 14.9. The highest BCUT2D eigenvalue weighted by atomic mass is 16.5. The van der Waals surface area contributed by atoms with Crippen LogP contribution in [0.15, 0.2) is 39.3 Å². The average molecular weight is 327 g/mol. The van der Waals surface area contributed by atoms with Crippen molar-refractivity contribution in [1.29, 1.82) is 0 Å². The van der Waals surface area contributed by atoms with Gasteiger partial charge in [-0.3, -0.25) is 4.79 Å². The molecule has 3 aromatic rings. The number of para-hydroxylation sites is 1. The Morgan fingerprint density at radius 1 is 1.25 bits per heavy atom. The lowest BCUT2D eigenvalue weighted by Crippen LogP contribution is -2.22. The van der Waals surface area contributed by atoms with E-state index in [4.69, 9.17) is 13.7 Å². The normalized spacial score (nSPS) is 15.7. The Morgan fingerprint density at radius 3 is 2.92 bits per heavy atom. The van der Waals surface area contributed by atoms with E-state index in [0.717, 1.165) is 31.4 Å². The Kier molecular flexibility index (Phi) is 4.00. The molecule has 24 heavy (non-hydrogen) atoms. The number of hydrogen-bond acceptors (Lipinski definition) is 6. The van der Waals surface area contributed by atoms with E-state index in [9.17, 15) is 4.79 Å². The highest BCUT2D eigenvalue weighted by Gasteiger charge is 2.21. The first-order valence-electron chi connectivity index (χ1n) is 7.96. The fourth-order valence-electron chi connectivity index (χ4n) is 2.80. The highest BCUT2D eigenvalue weighted by molar-refractivity contribution is 5.95. The van der Waals surface area contributed by atoms with Gasteiger partial charge in [0.05, 0.1) is 6.54 Å². The van der Waals surface area contributed by atoms with Crippen molar-refractivity contribution in [2.45, 2.75) is 25.3 Å². The molecule has 124 valence electrons. The van der Waals surface area contributed by atoms with Crippen LogP contribution in [0.4, 0.5) is 0 Å². The second-order valence-corrected chi connectivity index (χ2v) is 5.76. The zero-order chi connectivity index (χ0) is 16.4. The Balaban J connectivity index is 1.39. The summed E-state index contributed by atoms with van der Waals surface area (Å²) in [6.07, 6.45) is 1.79. The molecule has 2 aromatic heterocycles. The van der Waals surface area contributed by atoms with Gasteiger partial charge in [0.1, 0.15) is 5.58 Å². The molecule has 0 bridgehead atoms. The zero-order valence-electron chi connectivity index (χ0n) is 13.0. The highest BCUT2D eigenvalue weighted by Crippen LogP contribution is 2.24. The van der Waals surface area contributed by atoms with Crippen molar-refractivity contribution >= 4 is 16.9 Å². The predicted octanol–water partition coefficient (Wildman–Crippen LogP) is 2.64. The third-order valence-corrected chi connectivity index (χ3v) is 4.12. The Labute approximate surface area is 138 Å². The molecule has 0 atom stereocenters. The average Bonchev–Trinajstić information content (AvgIpc) is 3.27. The molecular weight excluding hydrogens is 310 g/mol. The molecule has 0 radical (unpaired) electrons. The summed E-state index contributed by atoms with van der Waals surface area (Å²) in [4.78, 5) is 16.5. The summed E-state index contributed by atoms with van der Waals surface area (Å²) in [6, 6.07) is 9.20. The van der Waals surface area contributed by atoms with E-state index in [0.29, 0.717) is 17.3 Å². The number of fused-ring (bicyclic) bond motifs is 1. The monoisotopic (exact) mass is 327 g/mol. The quantitative estimate of drug-likeness (QED) is 0.792. The number of aromatic nitrogens is 2. The minimum atomic E-state index is -0.308. The molecule has 0 aliphatic carbocycles. The zero-order valence-corrected chi connectivity index (χ0v) is 13.0. The molecule has 7 nitrogen and oxygen atoms in total. The number of hydrogen-bond donors (Lipinski definition) is 1. The maximum atomic E-state index is 12.2. The van der Waals surface area contributed by atoms with E-state index in [1.165, 1.54) is 0 Å². The largest absolute Gasteiger partial charge is 0.451 e. The number of amides is 1. The van der Waals surface area contributed by atoms with E-state index < -0.39 is 0 Å². The molecule has 4 rings (SSSR count). The van der Waals surface area contributed by atoms with Crippen LogP contribution in [0.3, 0.4) is 0 Å². The van der Waals surface area contributed by atoms with E-state index in [-0.39, 0.29) is 24.1 Å². The van der Waals surface area contributed by atoms with E-state index in [1.807, 2.05) is 24.3 Å². The van der Waals surface area contributed by atoms with E-state index in [2.05, 4.69) is 15.5 Å². The summed E-state index contributed by atoms with van der Waals surface area (Å²) >= 11 is 0. The third-order valence-electron chi connectivity index (χ3n) is 4.12. The lowest BCUT2D eigenvalue weighted by atomic mass is 10.00. The van der Waals surface area contributed by atoms with Crippen molar-refractivity contribution in [3.63, 3.8) is 0 Å². The number of furan rings is 1. The molecule has 1 amide bonds. The van der Waals surface area contributed by atoms with Crippen LogP contribution in [0, 0.1) is 0 Å². The molecule has 1 aliphatic heterocycles. The van der Waals surface area contributed by atoms with Gasteiger partial charge in [0.15, 0.2) is 11.6 Å². The molecule has 3 heterocycles. The van der Waals surface area contributed by atoms with Crippen molar-refractivity contribution in [2.24, 2.45) is 0 Å². The van der Waals surface area contributed by atoms with Crippen molar-refractivity contribution < 1.29 is 18.5 Å². The standard InChI is InChI=1S/C17H17N3O4/c21-17(14-9-12-3-1-2-4-13(12)23-14)18-10-15-19-16(20-24-15)11-5-7-22-8-6-11/h1-4,9,11H,5-8,10H2,(H,18,21). The molecule has 0 unspecified atom stereocenters. The van der Waals surface area contributed by atoms with Crippen molar-refractivity contribution in [2.75, 3.05) is 13.2 Å². The molecular formula is C17H17N3O4. The van der Waals surface area contributed by atoms with Crippen LogP contribution in [0.1, 0.15) is 41.0 Å². The van der Waals surface area contributed by atoms with Crippen LogP contribution < -0.4 is 5.32 Å². The SMILES string of the molecule is O=C(NCc1nc(C2CCOCC2)no1)c1cc2ccccc2o1. The minimum Gasteiger partial charge on any atom is -0.451 e. The fraction of sp³-hybridized carbons (Fsp3) is 0.353. The van der Waals surface area contributed by atoms with Gasteiger partial charge in [-0.05, 0) is 25.0 Å². The van der Waals surface area contributed by atoms with Gasteiger partial charge in [0.2, 0.25) is 5.89 Å². The summed E-state index contributed by atoms with van der Waals surface area (Å²) in [7, 11) is 0. The number of rotatable bonds is 4. The van der Waals surface area contributed by atoms with Gasteiger partial charge in [-0.2, -0.15) is 4.98 Å². The van der Waals surface area contributed by atoms with Gasteiger partial charge in [-0.25, -0.2) is 0 Å². The molecule has 1 fully saturated rings. The summed E-state index contributed by atoms with van der Waals surface area (Å²) in [6.45, 7) is 1.61. The van der Waals surface area contributed by atoms with Crippen molar-refractivity contribution in [1.82, 2.24) is 15.5 Å². The summed E-state index contributed by atoms with van der Waals surface area (Å²) in [5, 5.41) is 7.64. The molecule has 1 saturated heterocycles. The van der Waals surface area contributed by atoms with E-state index in [1.54, 1.807) is 6.07 Å². The summed E-state index contributed by atoms with van der Waals surface area (Å²) in [5.74, 6) is 1.30. The molecule has 1 N–H and O–H groups in total. The summed E-state index contributed by atoms with van der Waals surface area (Å²) in [5.41, 5.74) is 0.683. The molecule has 7 heteroatoms. The number of nitrogens with one attached hydrogen (secondary N) is 1. The molecule has 1 aromatic carbocycles. The fourth-order valence-corrected chi connectivity index (χ4v) is 2.80. The van der Waals surface area contributed by atoms with Crippen LogP contribution in [-0.2, 0) is 11.3 Å². The molecule has 0 saturated carbocycles. The van der Waals surface area contributed by atoms with Crippen LogP contribution >= 0.6 is 0 Å². The lowest BCUT2D eigenvalue weighted by Gasteiger charge is -2.18. The van der Waals surface area contributed by atoms with Crippen LogP contribution in [0.5, 0.6) is 0 Å². The van der Waals surface area contributed by atoms with Crippen LogP contribution in [0.25, 0.3) is 11.0 Å². The number of benzene rings is 1. The van der Waals surface area contributed by atoms with Gasteiger partial charge in [0, 0.05) is 24.5 Å². The Hall–Kier alpha value is -2.67. The molecule has 1 aliphatic rings. The Morgan fingerprint density at radius 2 is 2.08 bits per heavy atom. The first-order valence-corrected chi connectivity index (χ1v) is 7.96. The predicted molar refractivity (Wildman–Crippen MR) is 84.5 cm³/mol. The van der Waals surface area contributed by atoms with Gasteiger partial charge < -0.3 is 19.0 Å². The number of nitrogens with zero attached hydrogens (tertiary/aromatic N) is 2. The van der Waals surface area contributed by atoms with E-state index >= 15 is 0 Å². The van der Waals surface area contributed by atoms with Crippen molar-refractivity contribution in [3.8, 4) is 0 Å². The smallest absolute Gasteiger partial charge is 0.287 e.